The molecule has 0 aromatic carbocycles. The first-order valence-corrected chi connectivity index (χ1v) is 9.04. The van der Waals surface area contributed by atoms with Gasteiger partial charge in [0.2, 0.25) is 0 Å². The van der Waals surface area contributed by atoms with Crippen molar-refractivity contribution in [3.8, 4) is 0 Å². The summed E-state index contributed by atoms with van der Waals surface area (Å²) in [6.45, 7) is 1.15. The molecule has 24 heavy (non-hydrogen) atoms. The maximum absolute atomic E-state index is 12.4. The Hall–Kier alpha value is -2.15. The van der Waals surface area contributed by atoms with Crippen molar-refractivity contribution in [2.75, 3.05) is 13.1 Å². The summed E-state index contributed by atoms with van der Waals surface area (Å²) in [7, 11) is 0. The van der Waals surface area contributed by atoms with Gasteiger partial charge in [-0.2, -0.15) is 0 Å². The van der Waals surface area contributed by atoms with Gasteiger partial charge in [0.25, 0.3) is 5.91 Å². The molecule has 126 valence electrons. The Balaban J connectivity index is 1.40. The van der Waals surface area contributed by atoms with Gasteiger partial charge in [0.1, 0.15) is 0 Å². The number of thiophene rings is 1. The van der Waals surface area contributed by atoms with E-state index < -0.39 is 6.09 Å². The lowest BCUT2D eigenvalue weighted by Crippen LogP contribution is -2.47. The van der Waals surface area contributed by atoms with E-state index in [1.165, 1.54) is 11.3 Å². The standard InChI is InChI=1S/C17H19N3O3S/c21-15(13-7-11-3-5-18-10-14(11)24-13)19-9-12-8-17(12)4-1-2-6-20(17)16(22)23/h3,5,7,10,12H,1-2,4,6,8-9H2,(H,19,21)(H,22,23). The van der Waals surface area contributed by atoms with E-state index in [-0.39, 0.29) is 17.4 Å². The number of piperidine rings is 1. The van der Waals surface area contributed by atoms with Crippen molar-refractivity contribution in [2.45, 2.75) is 31.2 Å². The van der Waals surface area contributed by atoms with Gasteiger partial charge in [-0.05, 0) is 43.2 Å². The molecule has 4 rings (SSSR count). The summed E-state index contributed by atoms with van der Waals surface area (Å²) < 4.78 is 0.995. The lowest BCUT2D eigenvalue weighted by atomic mass is 9.98. The van der Waals surface area contributed by atoms with Crippen LogP contribution in [-0.2, 0) is 0 Å². The zero-order chi connectivity index (χ0) is 16.7. The normalized spacial score (nSPS) is 25.8. The molecule has 1 saturated heterocycles. The van der Waals surface area contributed by atoms with Crippen LogP contribution in [0.25, 0.3) is 10.1 Å². The molecule has 7 heteroatoms. The Labute approximate surface area is 143 Å². The highest BCUT2D eigenvalue weighted by Gasteiger charge is 2.60. The number of likely N-dealkylation sites (tertiary alicyclic amines) is 1. The van der Waals surface area contributed by atoms with Crippen molar-refractivity contribution >= 4 is 33.4 Å². The molecule has 1 aliphatic carbocycles. The second-order valence-corrected chi connectivity index (χ2v) is 7.71. The highest BCUT2D eigenvalue weighted by molar-refractivity contribution is 7.20. The van der Waals surface area contributed by atoms with Crippen LogP contribution >= 0.6 is 11.3 Å². The number of hydrogen-bond acceptors (Lipinski definition) is 4. The molecule has 3 heterocycles. The molecule has 1 saturated carbocycles. The van der Waals surface area contributed by atoms with Gasteiger partial charge in [0.15, 0.2) is 0 Å². The lowest BCUT2D eigenvalue weighted by Gasteiger charge is -2.35. The van der Waals surface area contributed by atoms with Gasteiger partial charge >= 0.3 is 6.09 Å². The van der Waals surface area contributed by atoms with E-state index in [1.54, 1.807) is 17.3 Å². The van der Waals surface area contributed by atoms with E-state index in [1.807, 2.05) is 12.1 Å². The molecule has 6 nitrogen and oxygen atoms in total. The Kier molecular flexibility index (Phi) is 3.68. The van der Waals surface area contributed by atoms with Crippen molar-refractivity contribution in [1.82, 2.24) is 15.2 Å². The second kappa shape index (κ2) is 5.73. The van der Waals surface area contributed by atoms with Crippen LogP contribution in [0, 0.1) is 5.92 Å². The summed E-state index contributed by atoms with van der Waals surface area (Å²) in [5, 5.41) is 13.4. The summed E-state index contributed by atoms with van der Waals surface area (Å²) in [6.07, 6.45) is 6.42. The monoisotopic (exact) mass is 345 g/mol. The van der Waals surface area contributed by atoms with Gasteiger partial charge in [0.05, 0.1) is 15.1 Å². The van der Waals surface area contributed by atoms with Crippen molar-refractivity contribution in [3.63, 3.8) is 0 Å². The molecule has 0 bridgehead atoms. The molecule has 2 fully saturated rings. The number of hydrogen-bond donors (Lipinski definition) is 2. The molecule has 2 amide bonds. The van der Waals surface area contributed by atoms with Crippen LogP contribution in [0.1, 0.15) is 35.4 Å². The third-order valence-electron chi connectivity index (χ3n) is 5.27. The molecule has 2 unspecified atom stereocenters. The largest absolute Gasteiger partial charge is 0.465 e. The Morgan fingerprint density at radius 1 is 1.46 bits per heavy atom. The molecule has 2 aliphatic rings. The van der Waals surface area contributed by atoms with Crippen molar-refractivity contribution in [1.29, 1.82) is 0 Å². The highest BCUT2D eigenvalue weighted by Crippen LogP contribution is 2.53. The molecular weight excluding hydrogens is 326 g/mol. The van der Waals surface area contributed by atoms with Gasteiger partial charge in [-0.25, -0.2) is 4.79 Å². The average molecular weight is 345 g/mol. The summed E-state index contributed by atoms with van der Waals surface area (Å²) in [5.41, 5.74) is -0.235. The predicted octanol–water partition coefficient (Wildman–Crippen LogP) is 2.95. The number of pyridine rings is 1. The molecule has 2 aromatic rings. The molecule has 0 radical (unpaired) electrons. The maximum atomic E-state index is 12.4. The summed E-state index contributed by atoms with van der Waals surface area (Å²) in [5.74, 6) is 0.143. The van der Waals surface area contributed by atoms with Gasteiger partial charge in [-0.3, -0.25) is 9.78 Å². The molecule has 1 spiro atoms. The van der Waals surface area contributed by atoms with E-state index in [0.29, 0.717) is 18.0 Å². The highest BCUT2D eigenvalue weighted by atomic mass is 32.1. The summed E-state index contributed by atoms with van der Waals surface area (Å²) in [4.78, 5) is 30.2. The van der Waals surface area contributed by atoms with Gasteiger partial charge in [-0.15, -0.1) is 11.3 Å². The average Bonchev–Trinajstić information content (AvgIpc) is 3.07. The van der Waals surface area contributed by atoms with Crippen LogP contribution in [-0.4, -0.2) is 45.6 Å². The summed E-state index contributed by atoms with van der Waals surface area (Å²) >= 11 is 1.43. The Bertz CT molecular complexity index is 772. The van der Waals surface area contributed by atoms with E-state index in [0.717, 1.165) is 35.8 Å². The molecule has 2 N–H and O–H groups in total. The van der Waals surface area contributed by atoms with Crippen molar-refractivity contribution in [3.05, 3.63) is 29.4 Å². The van der Waals surface area contributed by atoms with Crippen LogP contribution in [0.3, 0.4) is 0 Å². The zero-order valence-corrected chi connectivity index (χ0v) is 14.0. The third kappa shape index (κ3) is 2.53. The quantitative estimate of drug-likeness (QED) is 0.896. The molecular formula is C17H19N3O3S. The fourth-order valence-electron chi connectivity index (χ4n) is 3.91. The second-order valence-electron chi connectivity index (χ2n) is 6.63. The number of nitrogens with zero attached hydrogens (tertiary/aromatic N) is 2. The molecule has 1 aliphatic heterocycles. The topological polar surface area (TPSA) is 82.5 Å². The lowest BCUT2D eigenvalue weighted by molar-refractivity contribution is 0.0883. The fourth-order valence-corrected chi connectivity index (χ4v) is 4.86. The van der Waals surface area contributed by atoms with Gasteiger partial charge in [-0.1, -0.05) is 0 Å². The van der Waals surface area contributed by atoms with Crippen LogP contribution in [0.15, 0.2) is 24.5 Å². The molecule has 2 aromatic heterocycles. The summed E-state index contributed by atoms with van der Waals surface area (Å²) in [6, 6.07) is 3.77. The predicted molar refractivity (Wildman–Crippen MR) is 91.4 cm³/mol. The van der Waals surface area contributed by atoms with E-state index in [4.69, 9.17) is 0 Å². The van der Waals surface area contributed by atoms with Gasteiger partial charge in [0, 0.05) is 31.4 Å². The first kappa shape index (κ1) is 15.4. The number of amides is 2. The number of carboxylic acid groups (broad SMARTS) is 1. The van der Waals surface area contributed by atoms with Crippen LogP contribution in [0.2, 0.25) is 0 Å². The number of aromatic nitrogens is 1. The SMILES string of the molecule is O=C(NCC1CC12CCCCN2C(=O)O)c1cc2ccncc2s1. The number of nitrogens with one attached hydrogen (secondary N) is 1. The Morgan fingerprint density at radius 2 is 2.33 bits per heavy atom. The van der Waals surface area contributed by atoms with E-state index >= 15 is 0 Å². The molecule has 2 atom stereocenters. The van der Waals surface area contributed by atoms with Crippen molar-refractivity contribution in [2.24, 2.45) is 5.92 Å². The minimum absolute atomic E-state index is 0.0871. The first-order valence-electron chi connectivity index (χ1n) is 8.22. The fraction of sp³-hybridized carbons (Fsp3) is 0.471. The van der Waals surface area contributed by atoms with Crippen LogP contribution in [0.5, 0.6) is 0 Å². The van der Waals surface area contributed by atoms with Gasteiger partial charge < -0.3 is 15.3 Å². The number of rotatable bonds is 3. The third-order valence-corrected chi connectivity index (χ3v) is 6.35. The minimum atomic E-state index is -0.833. The first-order chi connectivity index (χ1) is 11.6. The van der Waals surface area contributed by atoms with Crippen LogP contribution < -0.4 is 5.32 Å². The number of carbonyl (C=O) groups excluding carboxylic acids is 1. The van der Waals surface area contributed by atoms with Crippen molar-refractivity contribution < 1.29 is 14.7 Å². The zero-order valence-electron chi connectivity index (χ0n) is 13.2. The van der Waals surface area contributed by atoms with E-state index in [2.05, 4.69) is 10.3 Å². The minimum Gasteiger partial charge on any atom is -0.465 e. The smallest absolute Gasteiger partial charge is 0.407 e. The maximum Gasteiger partial charge on any atom is 0.407 e. The number of fused-ring (bicyclic) bond motifs is 1. The Morgan fingerprint density at radius 3 is 3.12 bits per heavy atom. The number of carbonyl (C=O) groups is 2. The van der Waals surface area contributed by atoms with E-state index in [9.17, 15) is 14.7 Å². The van der Waals surface area contributed by atoms with Crippen LogP contribution in [0.4, 0.5) is 4.79 Å².